The zero-order valence-corrected chi connectivity index (χ0v) is 9.45. The molecule has 0 atom stereocenters. The number of hydrogen-bond acceptors (Lipinski definition) is 5. The molecule has 0 saturated heterocycles. The fourth-order valence-electron chi connectivity index (χ4n) is 1.36. The molecular weight excluding hydrogens is 217 g/mol. The van der Waals surface area contributed by atoms with E-state index in [-0.39, 0.29) is 36.0 Å². The van der Waals surface area contributed by atoms with Crippen LogP contribution in [0.2, 0.25) is 0 Å². The third-order valence-corrected chi connectivity index (χ3v) is 2.04. The summed E-state index contributed by atoms with van der Waals surface area (Å²) in [7, 11) is 1.38. The van der Waals surface area contributed by atoms with Crippen LogP contribution in [-0.2, 0) is 0 Å². The fraction of sp³-hybridized carbons (Fsp3) is 0.100. The van der Waals surface area contributed by atoms with E-state index in [1.165, 1.54) is 30.3 Å². The maximum Gasteiger partial charge on any atom is 1.00 e. The van der Waals surface area contributed by atoms with Gasteiger partial charge in [-0.3, -0.25) is 0 Å². The van der Waals surface area contributed by atoms with Crippen LogP contribution >= 0.6 is 0 Å². The number of carboxylic acid groups (broad SMARTS) is 1. The van der Waals surface area contributed by atoms with Crippen LogP contribution in [0.1, 0.15) is 10.4 Å². The number of carboxylic acids is 1. The number of methoxy groups -OCH3 is 1. The Hall–Kier alpha value is -1.77. The molecule has 0 saturated carbocycles. The third kappa shape index (κ3) is 2.49. The van der Waals surface area contributed by atoms with Crippen molar-refractivity contribution in [3.63, 3.8) is 0 Å². The van der Waals surface area contributed by atoms with Gasteiger partial charge in [0.2, 0.25) is 0 Å². The van der Waals surface area contributed by atoms with Crippen LogP contribution in [0.15, 0.2) is 30.7 Å². The van der Waals surface area contributed by atoms with Gasteiger partial charge in [0.25, 0.3) is 0 Å². The average molecular weight is 225 g/mol. The summed E-state index contributed by atoms with van der Waals surface area (Å²) < 4.78 is 6.28. The smallest absolute Gasteiger partial charge is 0.545 e. The van der Waals surface area contributed by atoms with Gasteiger partial charge in [-0.2, -0.15) is 5.10 Å². The van der Waals surface area contributed by atoms with Gasteiger partial charge >= 0.3 is 18.9 Å². The average Bonchev–Trinajstić information content (AvgIpc) is 2.81. The molecule has 0 bridgehead atoms. The molecule has 82 valence electrons. The molecule has 2 heterocycles. The van der Waals surface area contributed by atoms with Gasteiger partial charge in [-0.1, -0.05) is 0 Å². The number of carbonyl (C=O) groups is 1. The SMILES string of the molecule is COc1ccnc(-n2cccn2)c1C(=O)[O-].[Li+]. The van der Waals surface area contributed by atoms with Crippen LogP contribution in [0.4, 0.5) is 0 Å². The second-order valence-electron chi connectivity index (χ2n) is 2.95. The molecule has 2 aromatic heterocycles. The summed E-state index contributed by atoms with van der Waals surface area (Å²) in [5.74, 6) is -0.986. The van der Waals surface area contributed by atoms with Crippen LogP contribution in [0, 0.1) is 0 Å². The molecule has 7 heteroatoms. The quantitative estimate of drug-likeness (QED) is 0.510. The Morgan fingerprint density at radius 3 is 2.76 bits per heavy atom. The molecule has 6 nitrogen and oxygen atoms in total. The molecule has 17 heavy (non-hydrogen) atoms. The van der Waals surface area contributed by atoms with Crippen molar-refractivity contribution in [3.8, 4) is 11.6 Å². The maximum atomic E-state index is 11.0. The third-order valence-electron chi connectivity index (χ3n) is 2.04. The van der Waals surface area contributed by atoms with Crippen LogP contribution in [0.25, 0.3) is 5.82 Å². The van der Waals surface area contributed by atoms with Crippen molar-refractivity contribution in [2.75, 3.05) is 7.11 Å². The Labute approximate surface area is 109 Å². The molecule has 0 fully saturated rings. The van der Waals surface area contributed by atoms with Crippen molar-refractivity contribution in [2.45, 2.75) is 0 Å². The van der Waals surface area contributed by atoms with Crippen LogP contribution in [0.5, 0.6) is 5.75 Å². The van der Waals surface area contributed by atoms with Gasteiger partial charge in [-0.25, -0.2) is 9.67 Å². The number of rotatable bonds is 3. The van der Waals surface area contributed by atoms with E-state index < -0.39 is 5.97 Å². The normalized spacial score (nSPS) is 9.47. The van der Waals surface area contributed by atoms with E-state index in [2.05, 4.69) is 10.1 Å². The van der Waals surface area contributed by atoms with E-state index in [0.717, 1.165) is 0 Å². The van der Waals surface area contributed by atoms with E-state index in [0.29, 0.717) is 0 Å². The molecule has 2 rings (SSSR count). The number of nitrogens with zero attached hydrogens (tertiary/aromatic N) is 3. The molecule has 0 amide bonds. The van der Waals surface area contributed by atoms with E-state index in [4.69, 9.17) is 4.74 Å². The monoisotopic (exact) mass is 225 g/mol. The van der Waals surface area contributed by atoms with E-state index in [1.807, 2.05) is 0 Å². The Kier molecular flexibility index (Phi) is 4.32. The number of ether oxygens (including phenoxy) is 1. The summed E-state index contributed by atoms with van der Waals surface area (Å²) >= 11 is 0. The molecule has 2 aromatic rings. The van der Waals surface area contributed by atoms with Crippen molar-refractivity contribution in [1.82, 2.24) is 14.8 Å². The largest absolute Gasteiger partial charge is 1.00 e. The minimum Gasteiger partial charge on any atom is -0.545 e. The Morgan fingerprint density at radius 1 is 1.47 bits per heavy atom. The first-order chi connectivity index (χ1) is 7.74. The van der Waals surface area contributed by atoms with Gasteiger partial charge in [-0.15, -0.1) is 0 Å². The van der Waals surface area contributed by atoms with Gasteiger partial charge in [0, 0.05) is 18.6 Å². The molecule has 0 aliphatic carbocycles. The summed E-state index contributed by atoms with van der Waals surface area (Å²) in [5, 5.41) is 14.9. The number of aromatic nitrogens is 3. The van der Waals surface area contributed by atoms with Gasteiger partial charge in [0.05, 0.1) is 18.6 Å². The number of pyridine rings is 1. The molecular formula is C10H8LiN3O3. The zero-order chi connectivity index (χ0) is 11.5. The molecule has 0 unspecified atom stereocenters. The molecule has 0 radical (unpaired) electrons. The topological polar surface area (TPSA) is 80.1 Å². The van der Waals surface area contributed by atoms with Gasteiger partial charge in [-0.05, 0) is 12.1 Å². The van der Waals surface area contributed by atoms with Crippen molar-refractivity contribution < 1.29 is 33.5 Å². The summed E-state index contributed by atoms with van der Waals surface area (Å²) in [6, 6.07) is 3.12. The van der Waals surface area contributed by atoms with Crippen LogP contribution in [-0.4, -0.2) is 27.8 Å². The standard InChI is InChI=1S/C10H9N3O3.Li/c1-16-7-3-5-11-9(8(7)10(14)15)13-6-2-4-12-13;/h2-6H,1H3,(H,14,15);/q;+1/p-1. The number of aromatic carboxylic acids is 1. The Balaban J connectivity index is 0.00000144. The Bertz CT molecular complexity index is 514. The van der Waals surface area contributed by atoms with E-state index >= 15 is 0 Å². The predicted molar refractivity (Wildman–Crippen MR) is 52.2 cm³/mol. The van der Waals surface area contributed by atoms with Gasteiger partial charge in [0.1, 0.15) is 5.75 Å². The second-order valence-corrected chi connectivity index (χ2v) is 2.95. The van der Waals surface area contributed by atoms with Crippen LogP contribution in [0.3, 0.4) is 0 Å². The summed E-state index contributed by atoms with van der Waals surface area (Å²) in [4.78, 5) is 15.0. The zero-order valence-electron chi connectivity index (χ0n) is 9.45. The molecule has 0 aliphatic heterocycles. The fourth-order valence-corrected chi connectivity index (χ4v) is 1.36. The predicted octanol–water partition coefficient (Wildman–Crippen LogP) is -3.36. The molecule has 0 N–H and O–H groups in total. The molecule has 0 aromatic carbocycles. The minimum atomic E-state index is -1.35. The van der Waals surface area contributed by atoms with Gasteiger partial charge < -0.3 is 14.6 Å². The minimum absolute atomic E-state index is 0. The van der Waals surface area contributed by atoms with E-state index in [1.54, 1.807) is 12.3 Å². The first kappa shape index (κ1) is 13.3. The summed E-state index contributed by atoms with van der Waals surface area (Å²) in [6.45, 7) is 0. The second kappa shape index (κ2) is 5.52. The van der Waals surface area contributed by atoms with Crippen molar-refractivity contribution in [2.24, 2.45) is 0 Å². The van der Waals surface area contributed by atoms with Gasteiger partial charge in [0.15, 0.2) is 5.82 Å². The van der Waals surface area contributed by atoms with Crippen LogP contribution < -0.4 is 28.7 Å². The number of hydrogen-bond donors (Lipinski definition) is 0. The first-order valence-electron chi connectivity index (χ1n) is 4.48. The van der Waals surface area contributed by atoms with E-state index in [9.17, 15) is 9.90 Å². The number of carbonyl (C=O) groups excluding carboxylic acids is 1. The Morgan fingerprint density at radius 2 is 2.24 bits per heavy atom. The first-order valence-corrected chi connectivity index (χ1v) is 4.48. The summed E-state index contributed by atoms with van der Waals surface area (Å²) in [6.07, 6.45) is 4.57. The maximum absolute atomic E-state index is 11.0. The van der Waals surface area contributed by atoms with Crippen molar-refractivity contribution >= 4 is 5.97 Å². The molecule has 0 aliphatic rings. The van der Waals surface area contributed by atoms with Crippen molar-refractivity contribution in [3.05, 3.63) is 36.3 Å². The molecule has 0 spiro atoms. The summed E-state index contributed by atoms with van der Waals surface area (Å²) in [5.41, 5.74) is -0.117. The van der Waals surface area contributed by atoms with Crippen molar-refractivity contribution in [1.29, 1.82) is 0 Å².